The summed E-state index contributed by atoms with van der Waals surface area (Å²) in [4.78, 5) is 7.46. The van der Waals surface area contributed by atoms with Crippen LogP contribution in [0.5, 0.6) is 5.75 Å². The van der Waals surface area contributed by atoms with Crippen molar-refractivity contribution >= 4 is 0 Å². The van der Waals surface area contributed by atoms with Gasteiger partial charge in [0.1, 0.15) is 0 Å². The number of alkyl halides is 3. The lowest BCUT2D eigenvalue weighted by atomic mass is 9.87. The monoisotopic (exact) mass is 234 g/mol. The first kappa shape index (κ1) is 12.8. The summed E-state index contributed by atoms with van der Waals surface area (Å²) < 4.78 is 35.2. The van der Waals surface area contributed by atoms with Crippen LogP contribution >= 0.6 is 0 Å². The Bertz CT molecular complexity index is 353. The van der Waals surface area contributed by atoms with Crippen molar-refractivity contribution in [2.45, 2.75) is 32.5 Å². The molecule has 0 aliphatic rings. The van der Waals surface area contributed by atoms with Crippen LogP contribution in [0.2, 0.25) is 0 Å². The highest BCUT2D eigenvalue weighted by Crippen LogP contribution is 2.27. The molecule has 2 nitrogen and oxygen atoms in total. The largest absolute Gasteiger partial charge is 0.558 e. The molecule has 0 radical (unpaired) electrons. The van der Waals surface area contributed by atoms with Gasteiger partial charge in [-0.3, -0.25) is 0 Å². The highest BCUT2D eigenvalue weighted by atomic mass is 19.4. The van der Waals surface area contributed by atoms with E-state index in [4.69, 9.17) is 0 Å². The first-order valence-electron chi connectivity index (χ1n) is 4.71. The van der Waals surface area contributed by atoms with Gasteiger partial charge in [-0.2, -0.15) is 0 Å². The van der Waals surface area contributed by atoms with Gasteiger partial charge in [-0.15, -0.1) is 13.2 Å². The van der Waals surface area contributed by atoms with Crippen molar-refractivity contribution in [1.29, 1.82) is 0 Å². The lowest BCUT2D eigenvalue weighted by Gasteiger charge is -2.19. The minimum absolute atomic E-state index is 0.0322. The van der Waals surface area contributed by atoms with Crippen LogP contribution in [0.3, 0.4) is 0 Å². The van der Waals surface area contributed by atoms with Crippen molar-refractivity contribution in [1.82, 2.24) is 0 Å². The number of rotatable bonds is 2. The van der Waals surface area contributed by atoms with Gasteiger partial charge in [0.05, 0.1) is 0 Å². The van der Waals surface area contributed by atoms with E-state index in [0.29, 0.717) is 0 Å². The van der Waals surface area contributed by atoms with E-state index in [-0.39, 0.29) is 11.2 Å². The third-order valence-corrected chi connectivity index (χ3v) is 1.93. The van der Waals surface area contributed by atoms with Crippen molar-refractivity contribution in [3.8, 4) is 5.75 Å². The normalized spacial score (nSPS) is 12.6. The number of hydrogen-bond acceptors (Lipinski definition) is 2. The lowest BCUT2D eigenvalue weighted by molar-refractivity contribution is -0.444. The summed E-state index contributed by atoms with van der Waals surface area (Å²) in [6.45, 7) is 5.87. The molecule has 0 aliphatic heterocycles. The maximum absolute atomic E-state index is 11.7. The molecule has 5 heteroatoms. The first-order chi connectivity index (χ1) is 7.18. The van der Waals surface area contributed by atoms with E-state index in [9.17, 15) is 13.2 Å². The number of halogens is 3. The second kappa shape index (κ2) is 4.33. The van der Waals surface area contributed by atoms with Gasteiger partial charge in [-0.05, 0) is 23.1 Å². The zero-order valence-corrected chi connectivity index (χ0v) is 9.26. The predicted octanol–water partition coefficient (Wildman–Crippen LogP) is 3.81. The number of hydrogen-bond donors (Lipinski definition) is 0. The van der Waals surface area contributed by atoms with Gasteiger partial charge in [0.25, 0.3) is 0 Å². The predicted molar refractivity (Wildman–Crippen MR) is 52.9 cm³/mol. The standard InChI is InChI=1S/C11H13F3O2/c1-10(2,3)8-5-4-6-9(7-8)15-16-11(12,13)14/h4-7H,1-3H3. The summed E-state index contributed by atoms with van der Waals surface area (Å²) in [5.41, 5.74) is 0.716. The van der Waals surface area contributed by atoms with E-state index < -0.39 is 6.36 Å². The average molecular weight is 234 g/mol. The Labute approximate surface area is 91.9 Å². The molecule has 1 aromatic carbocycles. The molecule has 0 spiro atoms. The van der Waals surface area contributed by atoms with E-state index in [0.717, 1.165) is 5.56 Å². The fourth-order valence-corrected chi connectivity index (χ4v) is 1.11. The Morgan fingerprint density at radius 1 is 1.06 bits per heavy atom. The Kier molecular flexibility index (Phi) is 3.48. The van der Waals surface area contributed by atoms with Crippen molar-refractivity contribution < 1.29 is 22.9 Å². The highest BCUT2D eigenvalue weighted by Gasteiger charge is 2.32. The fraction of sp³-hybridized carbons (Fsp3) is 0.455. The van der Waals surface area contributed by atoms with Crippen molar-refractivity contribution in [3.63, 3.8) is 0 Å². The molecule has 0 N–H and O–H groups in total. The minimum Gasteiger partial charge on any atom is -0.329 e. The van der Waals surface area contributed by atoms with Crippen LogP contribution in [0, 0.1) is 0 Å². The Morgan fingerprint density at radius 2 is 1.69 bits per heavy atom. The summed E-state index contributed by atoms with van der Waals surface area (Å²) in [6.07, 6.45) is -4.79. The summed E-state index contributed by atoms with van der Waals surface area (Å²) in [7, 11) is 0. The molecule has 16 heavy (non-hydrogen) atoms. The van der Waals surface area contributed by atoms with E-state index in [1.54, 1.807) is 6.07 Å². The van der Waals surface area contributed by atoms with Crippen LogP contribution in [0.15, 0.2) is 24.3 Å². The zero-order valence-electron chi connectivity index (χ0n) is 9.26. The molecule has 0 bridgehead atoms. The molecule has 0 amide bonds. The molecule has 1 aromatic rings. The lowest BCUT2D eigenvalue weighted by Crippen LogP contribution is -2.16. The van der Waals surface area contributed by atoms with Gasteiger partial charge < -0.3 is 4.89 Å². The smallest absolute Gasteiger partial charge is 0.329 e. The third kappa shape index (κ3) is 4.10. The summed E-state index contributed by atoms with van der Waals surface area (Å²) >= 11 is 0. The molecule has 90 valence electrons. The van der Waals surface area contributed by atoms with Crippen molar-refractivity contribution in [2.75, 3.05) is 0 Å². The summed E-state index contributed by atoms with van der Waals surface area (Å²) in [6, 6.07) is 6.36. The molecule has 0 aromatic heterocycles. The Morgan fingerprint density at radius 3 is 2.19 bits per heavy atom. The zero-order chi connectivity index (χ0) is 12.4. The molecule has 0 aliphatic carbocycles. The molecule has 0 saturated carbocycles. The molecular formula is C11H13F3O2. The van der Waals surface area contributed by atoms with Crippen LogP contribution in [0.1, 0.15) is 26.3 Å². The van der Waals surface area contributed by atoms with Gasteiger partial charge >= 0.3 is 6.36 Å². The molecule has 0 unspecified atom stereocenters. The molecular weight excluding hydrogens is 221 g/mol. The van der Waals surface area contributed by atoms with Crippen LogP contribution in [0.4, 0.5) is 13.2 Å². The first-order valence-corrected chi connectivity index (χ1v) is 4.71. The fourth-order valence-electron chi connectivity index (χ4n) is 1.11. The van der Waals surface area contributed by atoms with Gasteiger partial charge in [0.2, 0.25) is 0 Å². The van der Waals surface area contributed by atoms with Gasteiger partial charge in [-0.1, -0.05) is 37.8 Å². The topological polar surface area (TPSA) is 18.5 Å². The molecule has 0 saturated heterocycles. The van der Waals surface area contributed by atoms with Crippen molar-refractivity contribution in [2.24, 2.45) is 0 Å². The maximum atomic E-state index is 11.7. The van der Waals surface area contributed by atoms with E-state index in [1.807, 2.05) is 26.8 Å². The summed E-state index contributed by atoms with van der Waals surface area (Å²) in [5.74, 6) is 0.0322. The average Bonchev–Trinajstić information content (AvgIpc) is 2.13. The van der Waals surface area contributed by atoms with Crippen LogP contribution < -0.4 is 4.89 Å². The van der Waals surface area contributed by atoms with Crippen LogP contribution in [-0.4, -0.2) is 6.36 Å². The van der Waals surface area contributed by atoms with E-state index in [1.165, 1.54) is 12.1 Å². The Hall–Kier alpha value is -1.23. The molecule has 0 heterocycles. The van der Waals surface area contributed by atoms with E-state index in [2.05, 4.69) is 9.78 Å². The molecule has 0 fully saturated rings. The summed E-state index contributed by atoms with van der Waals surface area (Å²) in [5, 5.41) is 0. The van der Waals surface area contributed by atoms with Gasteiger partial charge in [0, 0.05) is 0 Å². The van der Waals surface area contributed by atoms with E-state index >= 15 is 0 Å². The maximum Gasteiger partial charge on any atom is 0.558 e. The Balaban J connectivity index is 2.76. The molecule has 0 atom stereocenters. The van der Waals surface area contributed by atoms with Gasteiger partial charge in [0.15, 0.2) is 5.75 Å². The second-order valence-corrected chi connectivity index (χ2v) is 4.39. The number of benzene rings is 1. The minimum atomic E-state index is -4.79. The second-order valence-electron chi connectivity index (χ2n) is 4.39. The highest BCUT2D eigenvalue weighted by molar-refractivity contribution is 5.32. The molecule has 1 rings (SSSR count). The van der Waals surface area contributed by atoms with Crippen LogP contribution in [0.25, 0.3) is 0 Å². The third-order valence-electron chi connectivity index (χ3n) is 1.93. The SMILES string of the molecule is CC(C)(C)c1cccc(OOC(F)(F)F)c1. The van der Waals surface area contributed by atoms with Crippen molar-refractivity contribution in [3.05, 3.63) is 29.8 Å². The van der Waals surface area contributed by atoms with Gasteiger partial charge in [-0.25, -0.2) is 0 Å². The van der Waals surface area contributed by atoms with Crippen LogP contribution in [-0.2, 0) is 10.3 Å². The quantitative estimate of drug-likeness (QED) is 0.572.